The smallest absolute Gasteiger partial charge is 0.227 e. The van der Waals surface area contributed by atoms with Gasteiger partial charge in [-0.1, -0.05) is 0 Å². The maximum Gasteiger partial charge on any atom is 0.227 e. The molecule has 7 heteroatoms. The van der Waals surface area contributed by atoms with Crippen molar-refractivity contribution >= 4 is 5.91 Å². The molecule has 0 radical (unpaired) electrons. The summed E-state index contributed by atoms with van der Waals surface area (Å²) in [5.74, 6) is 2.77. The quantitative estimate of drug-likeness (QED) is 0.628. The van der Waals surface area contributed by atoms with Gasteiger partial charge in [-0.05, 0) is 79.4 Å². The molecule has 0 aromatic heterocycles. The van der Waals surface area contributed by atoms with Crippen molar-refractivity contribution in [2.24, 2.45) is 0 Å². The van der Waals surface area contributed by atoms with Crippen LogP contribution < -0.4 is 14.2 Å². The Morgan fingerprint density at radius 2 is 1.70 bits per heavy atom. The van der Waals surface area contributed by atoms with E-state index in [1.165, 1.54) is 18.2 Å². The summed E-state index contributed by atoms with van der Waals surface area (Å²) in [5.41, 5.74) is 4.66. The molecule has 178 valence electrons. The van der Waals surface area contributed by atoms with E-state index in [-0.39, 0.29) is 11.7 Å². The van der Waals surface area contributed by atoms with Gasteiger partial charge in [-0.3, -0.25) is 4.79 Å². The first-order chi connectivity index (χ1) is 15.9. The number of methoxy groups -OCH3 is 3. The molecule has 1 atom stereocenters. The number of likely N-dealkylation sites (N-methyl/N-ethyl adjacent to an activating group) is 1. The molecule has 4 rings (SSSR count). The minimum Gasteiger partial charge on any atom is -0.504 e. The van der Waals surface area contributed by atoms with Crippen LogP contribution in [0.5, 0.6) is 23.0 Å². The summed E-state index contributed by atoms with van der Waals surface area (Å²) in [5, 5.41) is 10.1. The highest BCUT2D eigenvalue weighted by atomic mass is 16.5. The standard InChI is InChI=1S/C26H34N2O5/c1-27(16-20-10-19-13-24(32-3)25(33-4)15-21(19)20)7-5-8-28-9-6-17-11-22(29)23(31-2)12-18(17)14-26(28)30/h11-13,15,20,29H,5-10,14,16H2,1-4H3. The topological polar surface area (TPSA) is 71.5 Å². The Labute approximate surface area is 195 Å². The highest BCUT2D eigenvalue weighted by Crippen LogP contribution is 2.42. The second kappa shape index (κ2) is 9.91. The minimum atomic E-state index is 0.132. The third kappa shape index (κ3) is 4.88. The van der Waals surface area contributed by atoms with Crippen LogP contribution in [0.1, 0.15) is 34.6 Å². The third-order valence-corrected chi connectivity index (χ3v) is 6.90. The number of hydrogen-bond donors (Lipinski definition) is 1. The Balaban J connectivity index is 1.27. The highest BCUT2D eigenvalue weighted by Gasteiger charge is 2.29. The zero-order chi connectivity index (χ0) is 23.5. The van der Waals surface area contributed by atoms with Crippen molar-refractivity contribution in [1.82, 2.24) is 9.80 Å². The number of nitrogens with zero attached hydrogens (tertiary/aromatic N) is 2. The predicted octanol–water partition coefficient (Wildman–Crippen LogP) is 3.01. The largest absolute Gasteiger partial charge is 0.504 e. The normalized spacial score (nSPS) is 17.2. The van der Waals surface area contributed by atoms with Crippen molar-refractivity contribution in [2.75, 3.05) is 54.6 Å². The highest BCUT2D eigenvalue weighted by molar-refractivity contribution is 5.80. The second-order valence-electron chi connectivity index (χ2n) is 9.02. The van der Waals surface area contributed by atoms with Crippen LogP contribution in [-0.4, -0.2) is 75.4 Å². The number of phenolic OH excluding ortho intramolecular Hbond substituents is 1. The summed E-state index contributed by atoms with van der Waals surface area (Å²) >= 11 is 0. The zero-order valence-electron chi connectivity index (χ0n) is 20.0. The van der Waals surface area contributed by atoms with Gasteiger partial charge in [0.25, 0.3) is 0 Å². The van der Waals surface area contributed by atoms with Crippen molar-refractivity contribution in [3.05, 3.63) is 46.5 Å². The van der Waals surface area contributed by atoms with Crippen LogP contribution in [0.3, 0.4) is 0 Å². The molecule has 0 saturated carbocycles. The molecule has 0 fully saturated rings. The number of aromatic hydroxyl groups is 1. The maximum absolute atomic E-state index is 12.8. The van der Waals surface area contributed by atoms with Crippen LogP contribution in [0.25, 0.3) is 0 Å². The van der Waals surface area contributed by atoms with Gasteiger partial charge < -0.3 is 29.1 Å². The molecule has 7 nitrogen and oxygen atoms in total. The molecule has 2 aromatic carbocycles. The number of fused-ring (bicyclic) bond motifs is 2. The molecule has 33 heavy (non-hydrogen) atoms. The molecule has 0 spiro atoms. The average molecular weight is 455 g/mol. The van der Waals surface area contributed by atoms with E-state index in [4.69, 9.17) is 14.2 Å². The van der Waals surface area contributed by atoms with E-state index in [0.29, 0.717) is 24.6 Å². The van der Waals surface area contributed by atoms with Crippen LogP contribution in [0.2, 0.25) is 0 Å². The lowest BCUT2D eigenvalue weighted by Gasteiger charge is -2.34. The summed E-state index contributed by atoms with van der Waals surface area (Å²) in [7, 11) is 7.01. The molecule has 1 heterocycles. The van der Waals surface area contributed by atoms with Crippen molar-refractivity contribution in [3.8, 4) is 23.0 Å². The van der Waals surface area contributed by atoms with E-state index in [0.717, 1.165) is 61.5 Å². The molecule has 1 aliphatic carbocycles. The molecule has 2 aliphatic rings. The first-order valence-corrected chi connectivity index (χ1v) is 11.5. The van der Waals surface area contributed by atoms with Crippen LogP contribution >= 0.6 is 0 Å². The fourth-order valence-corrected chi connectivity index (χ4v) is 5.01. The van der Waals surface area contributed by atoms with Crippen LogP contribution in [-0.2, 0) is 24.1 Å². The Bertz CT molecular complexity index is 1020. The van der Waals surface area contributed by atoms with Crippen molar-refractivity contribution in [1.29, 1.82) is 0 Å². The number of ether oxygens (including phenoxy) is 3. The molecule has 2 aromatic rings. The lowest BCUT2D eigenvalue weighted by Crippen LogP contribution is -2.36. The first-order valence-electron chi connectivity index (χ1n) is 11.5. The van der Waals surface area contributed by atoms with Gasteiger partial charge in [0.1, 0.15) is 0 Å². The van der Waals surface area contributed by atoms with E-state index >= 15 is 0 Å². The van der Waals surface area contributed by atoms with Gasteiger partial charge in [0.15, 0.2) is 23.0 Å². The van der Waals surface area contributed by atoms with E-state index in [1.807, 2.05) is 4.90 Å². The Morgan fingerprint density at radius 3 is 2.42 bits per heavy atom. The Hall–Kier alpha value is -2.93. The summed E-state index contributed by atoms with van der Waals surface area (Å²) in [4.78, 5) is 17.1. The number of carbonyl (C=O) groups excluding carboxylic acids is 1. The van der Waals surface area contributed by atoms with E-state index in [2.05, 4.69) is 24.1 Å². The summed E-state index contributed by atoms with van der Waals surface area (Å²) in [6, 6.07) is 7.72. The fourth-order valence-electron chi connectivity index (χ4n) is 5.01. The van der Waals surface area contributed by atoms with Gasteiger partial charge in [0.2, 0.25) is 5.91 Å². The number of phenols is 1. The van der Waals surface area contributed by atoms with E-state index < -0.39 is 0 Å². The van der Waals surface area contributed by atoms with Gasteiger partial charge in [-0.25, -0.2) is 0 Å². The SMILES string of the molecule is COc1cc2c(cc1O)CCN(CCCN(C)CC1Cc3cc(OC)c(OC)cc31)C(=O)C2. The molecule has 1 N–H and O–H groups in total. The van der Waals surface area contributed by atoms with Crippen molar-refractivity contribution < 1.29 is 24.1 Å². The summed E-state index contributed by atoms with van der Waals surface area (Å²) in [6.45, 7) is 3.34. The van der Waals surface area contributed by atoms with Crippen molar-refractivity contribution in [2.45, 2.75) is 31.6 Å². The monoisotopic (exact) mass is 454 g/mol. The molecule has 0 saturated heterocycles. The molecule has 1 unspecified atom stereocenters. The predicted molar refractivity (Wildman–Crippen MR) is 127 cm³/mol. The number of hydrogen-bond acceptors (Lipinski definition) is 6. The molecule has 1 aliphatic heterocycles. The number of carbonyl (C=O) groups is 1. The van der Waals surface area contributed by atoms with Crippen LogP contribution in [0.4, 0.5) is 0 Å². The van der Waals surface area contributed by atoms with Gasteiger partial charge in [0, 0.05) is 25.6 Å². The summed E-state index contributed by atoms with van der Waals surface area (Å²) < 4.78 is 16.1. The molecular formula is C26H34N2O5. The van der Waals surface area contributed by atoms with Gasteiger partial charge in [0.05, 0.1) is 27.8 Å². The number of amides is 1. The van der Waals surface area contributed by atoms with E-state index in [1.54, 1.807) is 26.4 Å². The van der Waals surface area contributed by atoms with Crippen LogP contribution in [0.15, 0.2) is 24.3 Å². The van der Waals surface area contributed by atoms with Gasteiger partial charge >= 0.3 is 0 Å². The first kappa shape index (κ1) is 23.2. The van der Waals surface area contributed by atoms with E-state index in [9.17, 15) is 9.90 Å². The summed E-state index contributed by atoms with van der Waals surface area (Å²) in [6.07, 6.45) is 3.09. The lowest BCUT2D eigenvalue weighted by atomic mass is 9.77. The molecule has 1 amide bonds. The van der Waals surface area contributed by atoms with Crippen LogP contribution in [0, 0.1) is 0 Å². The number of benzene rings is 2. The third-order valence-electron chi connectivity index (χ3n) is 6.90. The maximum atomic E-state index is 12.8. The zero-order valence-corrected chi connectivity index (χ0v) is 20.0. The Kier molecular flexibility index (Phi) is 6.98. The minimum absolute atomic E-state index is 0.132. The molecule has 0 bridgehead atoms. The average Bonchev–Trinajstić information content (AvgIpc) is 2.94. The lowest BCUT2D eigenvalue weighted by molar-refractivity contribution is -0.130. The van der Waals surface area contributed by atoms with Crippen molar-refractivity contribution in [3.63, 3.8) is 0 Å². The van der Waals surface area contributed by atoms with Gasteiger partial charge in [-0.15, -0.1) is 0 Å². The second-order valence-corrected chi connectivity index (χ2v) is 9.02. The number of rotatable bonds is 9. The fraction of sp³-hybridized carbons (Fsp3) is 0.500. The Morgan fingerprint density at radius 1 is 1.00 bits per heavy atom. The molecular weight excluding hydrogens is 420 g/mol. The van der Waals surface area contributed by atoms with Gasteiger partial charge in [-0.2, -0.15) is 0 Å².